The Hall–Kier alpha value is -2.57. The van der Waals surface area contributed by atoms with Crippen LogP contribution in [0, 0.1) is 0 Å². The predicted octanol–water partition coefficient (Wildman–Crippen LogP) is 2.92. The number of urea groups is 1. The Morgan fingerprint density at radius 2 is 2.04 bits per heavy atom. The number of benzene rings is 2. The van der Waals surface area contributed by atoms with Gasteiger partial charge in [-0.05, 0) is 30.5 Å². The van der Waals surface area contributed by atoms with E-state index >= 15 is 0 Å². The van der Waals surface area contributed by atoms with Crippen LogP contribution in [0.3, 0.4) is 0 Å². The third-order valence-corrected chi connectivity index (χ3v) is 4.65. The summed E-state index contributed by atoms with van der Waals surface area (Å²) in [5.41, 5.74) is 1.95. The molecule has 6 nitrogen and oxygen atoms in total. The van der Waals surface area contributed by atoms with Crippen molar-refractivity contribution in [3.05, 3.63) is 60.2 Å². The quantitative estimate of drug-likeness (QED) is 0.735. The largest absolute Gasteiger partial charge is 0.494 e. The predicted molar refractivity (Wildman–Crippen MR) is 104 cm³/mol. The summed E-state index contributed by atoms with van der Waals surface area (Å²) in [4.78, 5) is 13.9. The number of aliphatic hydroxyl groups is 1. The molecule has 0 bridgehead atoms. The molecule has 2 amide bonds. The molecule has 3 rings (SSSR count). The highest BCUT2D eigenvalue weighted by molar-refractivity contribution is 5.89. The van der Waals surface area contributed by atoms with Gasteiger partial charge in [0.2, 0.25) is 0 Å². The summed E-state index contributed by atoms with van der Waals surface area (Å²) in [5, 5.41) is 12.7. The van der Waals surface area contributed by atoms with Crippen LogP contribution < -0.4 is 10.1 Å². The van der Waals surface area contributed by atoms with Crippen molar-refractivity contribution >= 4 is 11.7 Å². The molecule has 0 radical (unpaired) electrons. The van der Waals surface area contributed by atoms with E-state index in [-0.39, 0.29) is 18.7 Å². The van der Waals surface area contributed by atoms with Crippen LogP contribution in [0.1, 0.15) is 12.0 Å². The Morgan fingerprint density at radius 3 is 2.78 bits per heavy atom. The summed E-state index contributed by atoms with van der Waals surface area (Å²) < 4.78 is 11.0. The lowest BCUT2D eigenvalue weighted by molar-refractivity contribution is 0.106. The molecule has 2 N–H and O–H groups in total. The van der Waals surface area contributed by atoms with E-state index in [4.69, 9.17) is 9.47 Å². The van der Waals surface area contributed by atoms with Gasteiger partial charge in [0.1, 0.15) is 5.75 Å². The fourth-order valence-electron chi connectivity index (χ4n) is 3.04. The van der Waals surface area contributed by atoms with Crippen molar-refractivity contribution in [1.29, 1.82) is 0 Å². The first-order chi connectivity index (χ1) is 13.1. The molecule has 27 heavy (non-hydrogen) atoms. The number of hydrogen-bond acceptors (Lipinski definition) is 4. The number of likely N-dealkylation sites (N-methyl/N-ethyl adjacent to an activating group) is 1. The van der Waals surface area contributed by atoms with Crippen LogP contribution in [0.15, 0.2) is 54.6 Å². The van der Waals surface area contributed by atoms with Crippen LogP contribution in [-0.4, -0.2) is 55.1 Å². The normalized spacial score (nSPS) is 18.9. The Bertz CT molecular complexity index is 738. The first kappa shape index (κ1) is 19.2. The summed E-state index contributed by atoms with van der Waals surface area (Å²) in [6.45, 7) is 1.21. The highest BCUT2D eigenvalue weighted by Crippen LogP contribution is 2.19. The number of aliphatic hydroxyl groups excluding tert-OH is 1. The Morgan fingerprint density at radius 1 is 1.22 bits per heavy atom. The zero-order valence-corrected chi connectivity index (χ0v) is 15.5. The molecule has 0 aromatic heterocycles. The van der Waals surface area contributed by atoms with E-state index in [0.717, 1.165) is 12.8 Å². The van der Waals surface area contributed by atoms with E-state index in [1.807, 2.05) is 36.4 Å². The molecule has 2 atom stereocenters. The van der Waals surface area contributed by atoms with Crippen molar-refractivity contribution in [3.63, 3.8) is 0 Å². The second-order valence-corrected chi connectivity index (χ2v) is 6.68. The summed E-state index contributed by atoms with van der Waals surface area (Å²) in [6, 6.07) is 17.0. The van der Waals surface area contributed by atoms with Crippen LogP contribution in [-0.2, 0) is 11.2 Å². The Kier molecular flexibility index (Phi) is 6.68. The van der Waals surface area contributed by atoms with Gasteiger partial charge in [-0.3, -0.25) is 0 Å². The number of anilines is 1. The van der Waals surface area contributed by atoms with Gasteiger partial charge in [0.25, 0.3) is 0 Å². The maximum absolute atomic E-state index is 12.4. The van der Waals surface area contributed by atoms with Gasteiger partial charge >= 0.3 is 6.03 Å². The molecule has 144 valence electrons. The monoisotopic (exact) mass is 370 g/mol. The summed E-state index contributed by atoms with van der Waals surface area (Å²) in [6.07, 6.45) is 1.23. The van der Waals surface area contributed by atoms with E-state index in [1.165, 1.54) is 10.5 Å². The number of ether oxygens (including phenoxy) is 2. The van der Waals surface area contributed by atoms with Crippen molar-refractivity contribution < 1.29 is 19.4 Å². The number of aryl methyl sites for hydroxylation is 1. The van der Waals surface area contributed by atoms with E-state index in [2.05, 4.69) is 17.4 Å². The maximum Gasteiger partial charge on any atom is 0.322 e. The number of amides is 2. The van der Waals surface area contributed by atoms with Crippen LogP contribution in [0.4, 0.5) is 10.5 Å². The van der Waals surface area contributed by atoms with Gasteiger partial charge < -0.3 is 24.8 Å². The molecule has 1 saturated heterocycles. The molecule has 1 fully saturated rings. The van der Waals surface area contributed by atoms with Crippen molar-refractivity contribution in [2.75, 3.05) is 32.2 Å². The van der Waals surface area contributed by atoms with E-state index in [0.29, 0.717) is 24.7 Å². The average molecular weight is 370 g/mol. The minimum atomic E-state index is -0.653. The van der Waals surface area contributed by atoms with Crippen LogP contribution in [0.2, 0.25) is 0 Å². The first-order valence-corrected chi connectivity index (χ1v) is 9.20. The molecule has 0 unspecified atom stereocenters. The van der Waals surface area contributed by atoms with Gasteiger partial charge in [0.15, 0.2) is 0 Å². The van der Waals surface area contributed by atoms with Gasteiger partial charge in [-0.15, -0.1) is 0 Å². The van der Waals surface area contributed by atoms with Gasteiger partial charge in [-0.25, -0.2) is 4.79 Å². The highest BCUT2D eigenvalue weighted by atomic mass is 16.5. The van der Waals surface area contributed by atoms with E-state index < -0.39 is 6.10 Å². The maximum atomic E-state index is 12.4. The topological polar surface area (TPSA) is 71.0 Å². The lowest BCUT2D eigenvalue weighted by Crippen LogP contribution is -2.45. The number of rotatable bonds is 7. The minimum Gasteiger partial charge on any atom is -0.494 e. The molecular formula is C21H26N2O4. The number of nitrogens with one attached hydrogen (secondary N) is 1. The molecule has 2 aromatic carbocycles. The average Bonchev–Trinajstić information content (AvgIpc) is 3.11. The number of hydrogen-bond donors (Lipinski definition) is 2. The fourth-order valence-corrected chi connectivity index (χ4v) is 3.04. The van der Waals surface area contributed by atoms with Gasteiger partial charge in [0.05, 0.1) is 32.0 Å². The van der Waals surface area contributed by atoms with Crippen molar-refractivity contribution in [2.24, 2.45) is 0 Å². The van der Waals surface area contributed by atoms with Crippen LogP contribution in [0.5, 0.6) is 5.75 Å². The third kappa shape index (κ3) is 5.45. The lowest BCUT2D eigenvalue weighted by Gasteiger charge is -2.25. The van der Waals surface area contributed by atoms with Gasteiger partial charge in [-0.1, -0.05) is 36.4 Å². The first-order valence-electron chi connectivity index (χ1n) is 9.20. The standard InChI is InChI=1S/C21H26N2O4/c1-23(19-14-26-15-20(19)24)21(25)22-17-10-5-11-18(13-17)27-12-6-9-16-7-3-2-4-8-16/h2-5,7-8,10-11,13,19-20,24H,6,9,12,14-15H2,1H3,(H,22,25)/t19-,20-/m0/s1. The smallest absolute Gasteiger partial charge is 0.322 e. The summed E-state index contributed by atoms with van der Waals surface area (Å²) >= 11 is 0. The molecule has 1 aliphatic heterocycles. The van der Waals surface area contributed by atoms with E-state index in [1.54, 1.807) is 13.1 Å². The molecular weight excluding hydrogens is 344 g/mol. The molecule has 0 saturated carbocycles. The number of carbonyl (C=O) groups excluding carboxylic acids is 1. The second kappa shape index (κ2) is 9.39. The van der Waals surface area contributed by atoms with E-state index in [9.17, 15) is 9.90 Å². The van der Waals surface area contributed by atoms with Gasteiger partial charge in [-0.2, -0.15) is 0 Å². The molecule has 1 heterocycles. The van der Waals surface area contributed by atoms with Crippen molar-refractivity contribution in [3.8, 4) is 5.75 Å². The summed E-state index contributed by atoms with van der Waals surface area (Å²) in [5.74, 6) is 0.716. The van der Waals surface area contributed by atoms with Gasteiger partial charge in [0, 0.05) is 18.8 Å². The second-order valence-electron chi connectivity index (χ2n) is 6.68. The third-order valence-electron chi connectivity index (χ3n) is 4.65. The van der Waals surface area contributed by atoms with Crippen LogP contribution >= 0.6 is 0 Å². The zero-order chi connectivity index (χ0) is 19.1. The lowest BCUT2D eigenvalue weighted by atomic mass is 10.1. The molecule has 2 aromatic rings. The molecule has 0 aliphatic carbocycles. The Balaban J connectivity index is 1.47. The number of carbonyl (C=O) groups is 1. The summed E-state index contributed by atoms with van der Waals surface area (Å²) in [7, 11) is 1.65. The highest BCUT2D eigenvalue weighted by Gasteiger charge is 2.32. The van der Waals surface area contributed by atoms with Crippen molar-refractivity contribution in [1.82, 2.24) is 4.90 Å². The fraction of sp³-hybridized carbons (Fsp3) is 0.381. The van der Waals surface area contributed by atoms with Crippen molar-refractivity contribution in [2.45, 2.75) is 25.0 Å². The molecule has 0 spiro atoms. The van der Waals surface area contributed by atoms with Crippen LogP contribution in [0.25, 0.3) is 0 Å². The number of nitrogens with zero attached hydrogens (tertiary/aromatic N) is 1. The Labute approximate surface area is 159 Å². The molecule has 1 aliphatic rings. The molecule has 6 heteroatoms. The zero-order valence-electron chi connectivity index (χ0n) is 15.5. The SMILES string of the molecule is CN(C(=O)Nc1cccc(OCCCc2ccccc2)c1)[C@H]1COC[C@@H]1O. The minimum absolute atomic E-state index is 0.259.